The maximum absolute atomic E-state index is 6.25. The van der Waals surface area contributed by atoms with E-state index < -0.39 is 0 Å². The summed E-state index contributed by atoms with van der Waals surface area (Å²) in [5.41, 5.74) is 1.10. The lowest BCUT2D eigenvalue weighted by Gasteiger charge is -2.22. The summed E-state index contributed by atoms with van der Waals surface area (Å²) in [7, 11) is 2.03. The molecule has 0 amide bonds. The highest BCUT2D eigenvalue weighted by atomic mass is 127. The lowest BCUT2D eigenvalue weighted by atomic mass is 10.2. The third-order valence-corrected chi connectivity index (χ3v) is 3.98. The quantitative estimate of drug-likeness (QED) is 0.274. The highest BCUT2D eigenvalue weighted by molar-refractivity contribution is 14.0. The van der Waals surface area contributed by atoms with Crippen LogP contribution in [0.15, 0.2) is 41.9 Å². The number of hydrogen-bond donors (Lipinski definition) is 1. The van der Waals surface area contributed by atoms with Gasteiger partial charge < -0.3 is 14.8 Å². The van der Waals surface area contributed by atoms with Crippen molar-refractivity contribution in [1.29, 1.82) is 0 Å². The molecule has 1 N–H and O–H groups in total. The van der Waals surface area contributed by atoms with E-state index in [0.717, 1.165) is 55.6 Å². The van der Waals surface area contributed by atoms with Crippen molar-refractivity contribution >= 4 is 41.5 Å². The summed E-state index contributed by atoms with van der Waals surface area (Å²) < 4.78 is 1.98. The summed E-state index contributed by atoms with van der Waals surface area (Å²) in [6.07, 6.45) is 5.55. The lowest BCUT2D eigenvalue weighted by Crippen LogP contribution is -2.38. The number of unbranched alkanes of at least 4 members (excludes halogenated alkanes) is 1. The molecule has 1 aromatic carbocycles. The van der Waals surface area contributed by atoms with Crippen LogP contribution in [-0.4, -0.2) is 45.8 Å². The number of nitrogens with one attached hydrogen (secondary N) is 1. The molecule has 0 fully saturated rings. The molecule has 0 atom stereocenters. The predicted octanol–water partition coefficient (Wildman–Crippen LogP) is 3.43. The molecule has 0 aliphatic rings. The van der Waals surface area contributed by atoms with Crippen LogP contribution in [0.3, 0.4) is 0 Å². The SMILES string of the molecule is CCNC(=NCCCCn1cnnc1)N(C)Cc1ccccc1Cl.I. The molecule has 1 aromatic heterocycles. The average molecular weight is 477 g/mol. The van der Waals surface area contributed by atoms with E-state index in [1.807, 2.05) is 35.9 Å². The van der Waals surface area contributed by atoms with Crippen molar-refractivity contribution < 1.29 is 0 Å². The van der Waals surface area contributed by atoms with Crippen LogP contribution in [0, 0.1) is 0 Å². The van der Waals surface area contributed by atoms with Crippen LogP contribution in [0.4, 0.5) is 0 Å². The fraction of sp³-hybridized carbons (Fsp3) is 0.471. The number of nitrogens with zero attached hydrogens (tertiary/aromatic N) is 5. The van der Waals surface area contributed by atoms with Crippen LogP contribution >= 0.6 is 35.6 Å². The summed E-state index contributed by atoms with van der Waals surface area (Å²) in [6, 6.07) is 7.91. The molecule has 0 aliphatic heterocycles. The molecule has 0 spiro atoms. The zero-order chi connectivity index (χ0) is 17.2. The minimum absolute atomic E-state index is 0. The lowest BCUT2D eigenvalue weighted by molar-refractivity contribution is 0.476. The van der Waals surface area contributed by atoms with Gasteiger partial charge in [-0.3, -0.25) is 4.99 Å². The normalized spacial score (nSPS) is 11.1. The Morgan fingerprint density at radius 3 is 2.64 bits per heavy atom. The fourth-order valence-electron chi connectivity index (χ4n) is 2.36. The number of benzene rings is 1. The first-order valence-electron chi connectivity index (χ1n) is 8.26. The maximum atomic E-state index is 6.25. The Kier molecular flexibility index (Phi) is 10.5. The van der Waals surface area contributed by atoms with Gasteiger partial charge in [0, 0.05) is 38.2 Å². The highest BCUT2D eigenvalue weighted by Crippen LogP contribution is 2.16. The molecule has 2 rings (SSSR count). The fourth-order valence-corrected chi connectivity index (χ4v) is 2.55. The standard InChI is InChI=1S/C17H25ClN6.HI/c1-3-19-17(20-10-6-7-11-24-13-21-22-14-24)23(2)12-15-8-4-5-9-16(15)18;/h4-5,8-9,13-14H,3,6-7,10-12H2,1-2H3,(H,19,20);1H. The number of aryl methyl sites for hydroxylation is 1. The maximum Gasteiger partial charge on any atom is 0.193 e. The number of rotatable bonds is 8. The van der Waals surface area contributed by atoms with Gasteiger partial charge in [-0.25, -0.2) is 0 Å². The average Bonchev–Trinajstić information content (AvgIpc) is 3.09. The Morgan fingerprint density at radius 2 is 1.96 bits per heavy atom. The van der Waals surface area contributed by atoms with Gasteiger partial charge in [0.15, 0.2) is 5.96 Å². The second-order valence-corrected chi connectivity index (χ2v) is 6.00. The topological polar surface area (TPSA) is 58.3 Å². The molecule has 25 heavy (non-hydrogen) atoms. The molecule has 6 nitrogen and oxygen atoms in total. The Morgan fingerprint density at radius 1 is 1.24 bits per heavy atom. The van der Waals surface area contributed by atoms with Gasteiger partial charge in [0.05, 0.1) is 0 Å². The van der Waals surface area contributed by atoms with Gasteiger partial charge in [0.2, 0.25) is 0 Å². The largest absolute Gasteiger partial charge is 0.357 e. The third-order valence-electron chi connectivity index (χ3n) is 3.61. The monoisotopic (exact) mass is 476 g/mol. The summed E-state index contributed by atoms with van der Waals surface area (Å²) in [4.78, 5) is 6.81. The van der Waals surface area contributed by atoms with Crippen molar-refractivity contribution in [3.05, 3.63) is 47.5 Å². The molecular weight excluding hydrogens is 451 g/mol. The van der Waals surface area contributed by atoms with Crippen LogP contribution in [0.25, 0.3) is 0 Å². The van der Waals surface area contributed by atoms with Crippen molar-refractivity contribution in [3.8, 4) is 0 Å². The van der Waals surface area contributed by atoms with Crippen LogP contribution in [-0.2, 0) is 13.1 Å². The van der Waals surface area contributed by atoms with E-state index >= 15 is 0 Å². The summed E-state index contributed by atoms with van der Waals surface area (Å²) >= 11 is 6.25. The number of hydrogen-bond acceptors (Lipinski definition) is 3. The second kappa shape index (κ2) is 12.1. The van der Waals surface area contributed by atoms with Gasteiger partial charge in [0.1, 0.15) is 12.7 Å². The number of guanidine groups is 1. The summed E-state index contributed by atoms with van der Waals surface area (Å²) in [6.45, 7) is 5.36. The van der Waals surface area contributed by atoms with Gasteiger partial charge in [-0.15, -0.1) is 34.2 Å². The molecule has 0 saturated heterocycles. The molecule has 8 heteroatoms. The summed E-state index contributed by atoms with van der Waals surface area (Å²) in [5, 5.41) is 11.7. The summed E-state index contributed by atoms with van der Waals surface area (Å²) in [5.74, 6) is 0.904. The first kappa shape index (κ1) is 21.7. The van der Waals surface area contributed by atoms with Crippen molar-refractivity contribution in [2.24, 2.45) is 4.99 Å². The Hall–Kier alpha value is -1.35. The third kappa shape index (κ3) is 7.60. The van der Waals surface area contributed by atoms with E-state index in [2.05, 4.69) is 27.3 Å². The van der Waals surface area contributed by atoms with Gasteiger partial charge in [-0.1, -0.05) is 29.8 Å². The molecule has 0 bridgehead atoms. The highest BCUT2D eigenvalue weighted by Gasteiger charge is 2.08. The minimum atomic E-state index is 0. The van der Waals surface area contributed by atoms with Crippen LogP contribution in [0.1, 0.15) is 25.3 Å². The van der Waals surface area contributed by atoms with Crippen LogP contribution in [0.2, 0.25) is 5.02 Å². The Labute approximate surface area is 171 Å². The van der Waals surface area contributed by atoms with Crippen LogP contribution in [0.5, 0.6) is 0 Å². The van der Waals surface area contributed by atoms with Gasteiger partial charge in [0.25, 0.3) is 0 Å². The molecule has 0 unspecified atom stereocenters. The number of aromatic nitrogens is 3. The van der Waals surface area contributed by atoms with Crippen molar-refractivity contribution in [1.82, 2.24) is 25.0 Å². The van der Waals surface area contributed by atoms with Crippen LogP contribution < -0.4 is 5.32 Å². The van der Waals surface area contributed by atoms with Gasteiger partial charge in [-0.2, -0.15) is 0 Å². The molecule has 0 radical (unpaired) electrons. The molecule has 2 aromatic rings. The second-order valence-electron chi connectivity index (χ2n) is 5.59. The molecule has 0 saturated carbocycles. The van der Waals surface area contributed by atoms with E-state index in [9.17, 15) is 0 Å². The first-order chi connectivity index (χ1) is 11.7. The zero-order valence-electron chi connectivity index (χ0n) is 14.7. The smallest absolute Gasteiger partial charge is 0.193 e. The van der Waals surface area contributed by atoms with E-state index in [4.69, 9.17) is 16.6 Å². The Bertz CT molecular complexity index is 632. The number of halogens is 2. The van der Waals surface area contributed by atoms with Crippen molar-refractivity contribution in [2.75, 3.05) is 20.1 Å². The van der Waals surface area contributed by atoms with Gasteiger partial charge in [-0.05, 0) is 31.4 Å². The zero-order valence-corrected chi connectivity index (χ0v) is 17.8. The minimum Gasteiger partial charge on any atom is -0.357 e. The van der Waals surface area contributed by atoms with Crippen molar-refractivity contribution in [2.45, 2.75) is 32.9 Å². The molecule has 138 valence electrons. The Balaban J connectivity index is 0.00000312. The van der Waals surface area contributed by atoms with Gasteiger partial charge >= 0.3 is 0 Å². The first-order valence-corrected chi connectivity index (χ1v) is 8.63. The number of aliphatic imine (C=N–C) groups is 1. The van der Waals surface area contributed by atoms with E-state index in [1.165, 1.54) is 0 Å². The molecule has 0 aliphatic carbocycles. The van der Waals surface area contributed by atoms with E-state index in [-0.39, 0.29) is 24.0 Å². The predicted molar refractivity (Wildman–Crippen MR) is 114 cm³/mol. The van der Waals surface area contributed by atoms with E-state index in [1.54, 1.807) is 12.7 Å². The molecule has 1 heterocycles. The van der Waals surface area contributed by atoms with Crippen molar-refractivity contribution in [3.63, 3.8) is 0 Å². The molecular formula is C17H26ClIN6. The van der Waals surface area contributed by atoms with E-state index in [0.29, 0.717) is 0 Å².